The number of ether oxygens (including phenoxy) is 2. The molecule has 37 heavy (non-hydrogen) atoms. The van der Waals surface area contributed by atoms with Crippen LogP contribution in [0.4, 0.5) is 0 Å². The van der Waals surface area contributed by atoms with Gasteiger partial charge in [0.2, 0.25) is 5.91 Å². The van der Waals surface area contributed by atoms with Gasteiger partial charge in [-0.05, 0) is 78.1 Å². The van der Waals surface area contributed by atoms with E-state index in [4.69, 9.17) is 9.47 Å². The van der Waals surface area contributed by atoms with E-state index in [0.717, 1.165) is 30.6 Å². The van der Waals surface area contributed by atoms with Crippen LogP contribution in [0.25, 0.3) is 0 Å². The van der Waals surface area contributed by atoms with Crippen LogP contribution >= 0.6 is 11.3 Å². The van der Waals surface area contributed by atoms with Crippen LogP contribution in [0.2, 0.25) is 0 Å². The summed E-state index contributed by atoms with van der Waals surface area (Å²) < 4.78 is 11.5. The Morgan fingerprint density at radius 3 is 2.57 bits per heavy atom. The molecular formula is C30H34N2O4S. The molecule has 1 unspecified atom stereocenters. The minimum atomic E-state index is -0.180. The van der Waals surface area contributed by atoms with Crippen LogP contribution in [-0.4, -0.2) is 54.5 Å². The topological polar surface area (TPSA) is 59.1 Å². The number of benzene rings is 2. The Morgan fingerprint density at radius 2 is 1.86 bits per heavy atom. The van der Waals surface area contributed by atoms with E-state index in [-0.39, 0.29) is 30.4 Å². The monoisotopic (exact) mass is 518 g/mol. The lowest BCUT2D eigenvalue weighted by molar-refractivity contribution is -0.135. The number of carbonyl (C=O) groups excluding carboxylic acids is 2. The van der Waals surface area contributed by atoms with Gasteiger partial charge in [-0.25, -0.2) is 0 Å². The van der Waals surface area contributed by atoms with Gasteiger partial charge in [0.05, 0.1) is 13.2 Å². The Bertz CT molecular complexity index is 1250. The molecular weight excluding hydrogens is 484 g/mol. The summed E-state index contributed by atoms with van der Waals surface area (Å²) in [4.78, 5) is 32.1. The van der Waals surface area contributed by atoms with Crippen LogP contribution < -0.4 is 9.47 Å². The Labute approximate surface area is 222 Å². The maximum Gasteiger partial charge on any atom is 0.254 e. The van der Waals surface area contributed by atoms with Gasteiger partial charge in [0.25, 0.3) is 5.91 Å². The van der Waals surface area contributed by atoms with E-state index in [1.807, 2.05) is 29.2 Å². The fourth-order valence-corrected chi connectivity index (χ4v) is 5.84. The number of rotatable bonds is 9. The summed E-state index contributed by atoms with van der Waals surface area (Å²) in [7, 11) is 1.59. The first-order valence-electron chi connectivity index (χ1n) is 13.0. The minimum Gasteiger partial charge on any atom is -0.497 e. The van der Waals surface area contributed by atoms with Gasteiger partial charge in [-0.1, -0.05) is 32.0 Å². The van der Waals surface area contributed by atoms with Gasteiger partial charge < -0.3 is 19.3 Å². The largest absolute Gasteiger partial charge is 0.497 e. The predicted octanol–water partition coefficient (Wildman–Crippen LogP) is 5.69. The number of fused-ring (bicyclic) bond motifs is 1. The van der Waals surface area contributed by atoms with Crippen molar-refractivity contribution in [3.63, 3.8) is 0 Å². The first kappa shape index (κ1) is 25.3. The van der Waals surface area contributed by atoms with E-state index in [9.17, 15) is 9.59 Å². The smallest absolute Gasteiger partial charge is 0.254 e. The van der Waals surface area contributed by atoms with Crippen LogP contribution in [0.3, 0.4) is 0 Å². The van der Waals surface area contributed by atoms with E-state index in [2.05, 4.69) is 37.4 Å². The zero-order valence-electron chi connectivity index (χ0n) is 21.7. The molecule has 3 aromatic rings. The first-order chi connectivity index (χ1) is 17.9. The maximum atomic E-state index is 13.7. The van der Waals surface area contributed by atoms with Crippen molar-refractivity contribution in [1.29, 1.82) is 0 Å². The molecule has 0 saturated heterocycles. The van der Waals surface area contributed by atoms with Crippen molar-refractivity contribution in [3.05, 3.63) is 81.5 Å². The SMILES string of the molecule is COc1cccc(C(=O)N(CC(=O)N2CCc3sccc3C2COc2ccc(C(C)C)cc2)C2CC2)c1. The van der Waals surface area contributed by atoms with Gasteiger partial charge in [-0.15, -0.1) is 11.3 Å². The summed E-state index contributed by atoms with van der Waals surface area (Å²) in [5, 5.41) is 2.09. The van der Waals surface area contributed by atoms with Crippen molar-refractivity contribution >= 4 is 23.2 Å². The molecule has 2 aliphatic rings. The first-order valence-corrected chi connectivity index (χ1v) is 13.9. The van der Waals surface area contributed by atoms with Gasteiger partial charge >= 0.3 is 0 Å². The Hall–Kier alpha value is -3.32. The summed E-state index contributed by atoms with van der Waals surface area (Å²) in [5.74, 6) is 1.73. The third-order valence-electron chi connectivity index (χ3n) is 7.24. The zero-order valence-corrected chi connectivity index (χ0v) is 22.5. The molecule has 2 amide bonds. The molecule has 0 spiro atoms. The average Bonchev–Trinajstić information content (AvgIpc) is 3.65. The molecule has 1 aliphatic heterocycles. The van der Waals surface area contributed by atoms with Gasteiger partial charge in [-0.2, -0.15) is 0 Å². The molecule has 2 aromatic carbocycles. The van der Waals surface area contributed by atoms with Crippen LogP contribution in [0.15, 0.2) is 60.0 Å². The van der Waals surface area contributed by atoms with Gasteiger partial charge in [-0.3, -0.25) is 9.59 Å². The molecule has 1 saturated carbocycles. The third-order valence-corrected chi connectivity index (χ3v) is 8.24. The van der Waals surface area contributed by atoms with Crippen molar-refractivity contribution in [1.82, 2.24) is 9.80 Å². The maximum absolute atomic E-state index is 13.7. The Balaban J connectivity index is 1.32. The van der Waals surface area contributed by atoms with E-state index in [1.54, 1.807) is 35.5 Å². The van der Waals surface area contributed by atoms with E-state index in [1.165, 1.54) is 10.4 Å². The number of methoxy groups -OCH3 is 1. The van der Waals surface area contributed by atoms with Crippen molar-refractivity contribution in [2.45, 2.75) is 51.1 Å². The molecule has 0 N–H and O–H groups in total. The van der Waals surface area contributed by atoms with Crippen LogP contribution in [0, 0.1) is 0 Å². The number of thiophene rings is 1. The second-order valence-electron chi connectivity index (χ2n) is 10.1. The summed E-state index contributed by atoms with van der Waals surface area (Å²) in [6.07, 6.45) is 2.68. The zero-order chi connectivity index (χ0) is 25.9. The van der Waals surface area contributed by atoms with Crippen molar-refractivity contribution in [2.24, 2.45) is 0 Å². The Kier molecular flexibility index (Phi) is 7.51. The lowest BCUT2D eigenvalue weighted by Gasteiger charge is -2.37. The molecule has 1 aromatic heterocycles. The van der Waals surface area contributed by atoms with E-state index in [0.29, 0.717) is 30.4 Å². The molecule has 1 fully saturated rings. The molecule has 2 heterocycles. The highest BCUT2D eigenvalue weighted by Crippen LogP contribution is 2.35. The molecule has 0 bridgehead atoms. The summed E-state index contributed by atoms with van der Waals surface area (Å²) in [6.45, 7) is 5.41. The molecule has 1 atom stereocenters. The predicted molar refractivity (Wildman–Crippen MR) is 146 cm³/mol. The summed E-state index contributed by atoms with van der Waals surface area (Å²) in [6, 6.07) is 17.4. The van der Waals surface area contributed by atoms with Gasteiger partial charge in [0.15, 0.2) is 0 Å². The van der Waals surface area contributed by atoms with Gasteiger partial charge in [0.1, 0.15) is 24.7 Å². The van der Waals surface area contributed by atoms with Crippen molar-refractivity contribution < 1.29 is 19.1 Å². The van der Waals surface area contributed by atoms with E-state index < -0.39 is 0 Å². The van der Waals surface area contributed by atoms with Crippen LogP contribution in [0.5, 0.6) is 11.5 Å². The van der Waals surface area contributed by atoms with Crippen LogP contribution in [-0.2, 0) is 11.2 Å². The number of hydrogen-bond acceptors (Lipinski definition) is 5. The standard InChI is InChI=1S/C30H34N2O4S/c1-20(2)21-7-11-24(12-8-21)36-19-27-26-14-16-37-28(26)13-15-31(27)29(33)18-32(23-9-10-23)30(34)22-5-4-6-25(17-22)35-3/h4-8,11-12,14,16-17,20,23,27H,9-10,13,15,18-19H2,1-3H3. The highest BCUT2D eigenvalue weighted by molar-refractivity contribution is 7.10. The molecule has 0 radical (unpaired) electrons. The number of nitrogens with zero attached hydrogens (tertiary/aromatic N) is 2. The second kappa shape index (κ2) is 11.0. The number of amides is 2. The lowest BCUT2D eigenvalue weighted by Crippen LogP contribution is -2.48. The molecule has 7 heteroatoms. The fraction of sp³-hybridized carbons (Fsp3) is 0.400. The summed E-state index contributed by atoms with van der Waals surface area (Å²) >= 11 is 1.73. The average molecular weight is 519 g/mol. The molecule has 194 valence electrons. The molecule has 6 nitrogen and oxygen atoms in total. The quantitative estimate of drug-likeness (QED) is 0.365. The highest BCUT2D eigenvalue weighted by atomic mass is 32.1. The van der Waals surface area contributed by atoms with Crippen LogP contribution in [0.1, 0.15) is 65.0 Å². The normalized spacial score (nSPS) is 16.9. The van der Waals surface area contributed by atoms with Crippen molar-refractivity contribution in [2.75, 3.05) is 26.8 Å². The van der Waals surface area contributed by atoms with Crippen molar-refractivity contribution in [3.8, 4) is 11.5 Å². The summed E-state index contributed by atoms with van der Waals surface area (Å²) in [5.41, 5.74) is 2.96. The fourth-order valence-electron chi connectivity index (χ4n) is 4.91. The second-order valence-corrected chi connectivity index (χ2v) is 11.1. The third kappa shape index (κ3) is 5.67. The van der Waals surface area contributed by atoms with E-state index >= 15 is 0 Å². The lowest BCUT2D eigenvalue weighted by atomic mass is 10.00. The Morgan fingerprint density at radius 1 is 1.08 bits per heavy atom. The van der Waals surface area contributed by atoms with Gasteiger partial charge in [0, 0.05) is 23.0 Å². The number of hydrogen-bond donors (Lipinski definition) is 0. The molecule has 1 aliphatic carbocycles. The highest BCUT2D eigenvalue weighted by Gasteiger charge is 2.38. The minimum absolute atomic E-state index is 0.0382. The molecule has 5 rings (SSSR count). The number of carbonyl (C=O) groups is 2.